The summed E-state index contributed by atoms with van der Waals surface area (Å²) in [6.07, 6.45) is -0.670. The third kappa shape index (κ3) is 4.28. The Bertz CT molecular complexity index is 560. The minimum absolute atomic E-state index is 0.182. The Kier molecular flexibility index (Phi) is 5.89. The first-order valence-corrected chi connectivity index (χ1v) is 8.54. The van der Waals surface area contributed by atoms with E-state index in [1.54, 1.807) is 6.08 Å². The largest absolute Gasteiger partial charge is 0.394 e. The average Bonchev–Trinajstić information content (AvgIpc) is 3.08. The van der Waals surface area contributed by atoms with Crippen LogP contribution in [-0.2, 0) is 30.3 Å². The molecule has 1 N–H and O–H groups in total. The molecule has 0 amide bonds. The molecule has 2 aliphatic heterocycles. The van der Waals surface area contributed by atoms with E-state index in [0.717, 1.165) is 5.56 Å². The fraction of sp³-hybridized carbons (Fsp3) is 0.579. The number of aliphatic hydroxyl groups excluding tert-OH is 1. The Balaban J connectivity index is 1.68. The zero-order valence-corrected chi connectivity index (χ0v) is 14.7. The molecule has 0 aliphatic carbocycles. The van der Waals surface area contributed by atoms with Gasteiger partial charge in [-0.05, 0) is 19.4 Å². The van der Waals surface area contributed by atoms with Gasteiger partial charge in [0, 0.05) is 0 Å². The molecule has 1 aromatic carbocycles. The van der Waals surface area contributed by atoms with Crippen molar-refractivity contribution in [1.82, 2.24) is 0 Å². The maximum atomic E-state index is 9.82. The maximum absolute atomic E-state index is 9.82. The van der Waals surface area contributed by atoms with E-state index in [-0.39, 0.29) is 18.8 Å². The summed E-state index contributed by atoms with van der Waals surface area (Å²) < 4.78 is 29.4. The van der Waals surface area contributed by atoms with Crippen molar-refractivity contribution in [1.29, 1.82) is 0 Å². The zero-order chi connectivity index (χ0) is 17.9. The van der Waals surface area contributed by atoms with Gasteiger partial charge < -0.3 is 28.8 Å². The molecular formula is C19H26O6. The van der Waals surface area contributed by atoms with E-state index in [2.05, 4.69) is 6.58 Å². The van der Waals surface area contributed by atoms with Gasteiger partial charge in [-0.25, -0.2) is 0 Å². The van der Waals surface area contributed by atoms with Crippen molar-refractivity contribution in [2.75, 3.05) is 13.2 Å². The van der Waals surface area contributed by atoms with Gasteiger partial charge in [0.15, 0.2) is 12.1 Å². The monoisotopic (exact) mass is 350 g/mol. The second-order valence-electron chi connectivity index (χ2n) is 6.67. The predicted molar refractivity (Wildman–Crippen MR) is 90.7 cm³/mol. The number of ether oxygens (including phenoxy) is 5. The number of aliphatic hydroxyl groups is 1. The van der Waals surface area contributed by atoms with Gasteiger partial charge in [-0.2, -0.15) is 0 Å². The smallest absolute Gasteiger partial charge is 0.187 e. The van der Waals surface area contributed by atoms with E-state index in [1.807, 2.05) is 44.2 Å². The molecule has 3 rings (SSSR count). The Hall–Kier alpha value is -1.28. The fourth-order valence-electron chi connectivity index (χ4n) is 3.22. The van der Waals surface area contributed by atoms with E-state index in [9.17, 15) is 5.11 Å². The summed E-state index contributed by atoms with van der Waals surface area (Å²) in [5.74, 6) is -0.730. The van der Waals surface area contributed by atoms with Crippen LogP contribution in [0.4, 0.5) is 0 Å². The van der Waals surface area contributed by atoms with Gasteiger partial charge in [-0.15, -0.1) is 6.58 Å². The predicted octanol–water partition coefficient (Wildman–Crippen LogP) is 2.01. The lowest BCUT2D eigenvalue weighted by Gasteiger charge is -2.28. The summed E-state index contributed by atoms with van der Waals surface area (Å²) in [4.78, 5) is 0. The van der Waals surface area contributed by atoms with Crippen molar-refractivity contribution >= 4 is 0 Å². The van der Waals surface area contributed by atoms with Gasteiger partial charge in [0.05, 0.1) is 19.8 Å². The molecule has 2 saturated heterocycles. The van der Waals surface area contributed by atoms with Crippen LogP contribution in [0.3, 0.4) is 0 Å². The zero-order valence-electron chi connectivity index (χ0n) is 14.7. The molecule has 138 valence electrons. The van der Waals surface area contributed by atoms with Crippen LogP contribution in [0.15, 0.2) is 43.0 Å². The summed E-state index contributed by atoms with van der Waals surface area (Å²) in [7, 11) is 0. The molecule has 2 aliphatic rings. The fourth-order valence-corrected chi connectivity index (χ4v) is 3.22. The molecule has 0 radical (unpaired) electrons. The van der Waals surface area contributed by atoms with Gasteiger partial charge in [-0.3, -0.25) is 0 Å². The van der Waals surface area contributed by atoms with Crippen molar-refractivity contribution in [3.8, 4) is 0 Å². The van der Waals surface area contributed by atoms with Gasteiger partial charge in [-0.1, -0.05) is 36.4 Å². The molecule has 0 aromatic heterocycles. The highest BCUT2D eigenvalue weighted by atomic mass is 16.8. The lowest BCUT2D eigenvalue weighted by atomic mass is 10.1. The van der Waals surface area contributed by atoms with Crippen LogP contribution in [0.25, 0.3) is 0 Å². The number of hydrogen-bond donors (Lipinski definition) is 1. The van der Waals surface area contributed by atoms with Crippen molar-refractivity contribution in [3.05, 3.63) is 48.6 Å². The number of rotatable bonds is 8. The Labute approximate surface area is 148 Å². The summed E-state index contributed by atoms with van der Waals surface area (Å²) in [5, 5.41) is 9.82. The van der Waals surface area contributed by atoms with Gasteiger partial charge in [0.1, 0.15) is 24.4 Å². The number of fused-ring (bicyclic) bond motifs is 1. The van der Waals surface area contributed by atoms with Crippen LogP contribution >= 0.6 is 0 Å². The van der Waals surface area contributed by atoms with E-state index in [1.165, 1.54) is 0 Å². The Morgan fingerprint density at radius 1 is 1.24 bits per heavy atom. The summed E-state index contributed by atoms with van der Waals surface area (Å²) in [6.45, 7) is 7.90. The van der Waals surface area contributed by atoms with Crippen LogP contribution in [-0.4, -0.2) is 54.8 Å². The normalized spacial score (nSPS) is 31.6. The highest BCUT2D eigenvalue weighted by Gasteiger charge is 2.57. The Morgan fingerprint density at radius 2 is 1.96 bits per heavy atom. The average molecular weight is 350 g/mol. The van der Waals surface area contributed by atoms with Gasteiger partial charge in [0.2, 0.25) is 0 Å². The van der Waals surface area contributed by atoms with E-state index < -0.39 is 24.3 Å². The quantitative estimate of drug-likeness (QED) is 0.724. The van der Waals surface area contributed by atoms with Crippen LogP contribution in [0.5, 0.6) is 0 Å². The first-order valence-electron chi connectivity index (χ1n) is 8.54. The third-order valence-electron chi connectivity index (χ3n) is 4.28. The first kappa shape index (κ1) is 18.5. The maximum Gasteiger partial charge on any atom is 0.187 e. The molecule has 2 heterocycles. The second-order valence-corrected chi connectivity index (χ2v) is 6.67. The van der Waals surface area contributed by atoms with Crippen molar-refractivity contribution in [2.24, 2.45) is 0 Å². The molecule has 2 fully saturated rings. The molecule has 6 nitrogen and oxygen atoms in total. The van der Waals surface area contributed by atoms with Crippen LogP contribution in [0.2, 0.25) is 0 Å². The molecule has 0 unspecified atom stereocenters. The summed E-state index contributed by atoms with van der Waals surface area (Å²) in [6, 6.07) is 9.79. The first-order chi connectivity index (χ1) is 12.0. The van der Waals surface area contributed by atoms with Gasteiger partial charge >= 0.3 is 0 Å². The topological polar surface area (TPSA) is 66.4 Å². The molecular weight excluding hydrogens is 324 g/mol. The van der Waals surface area contributed by atoms with Crippen LogP contribution < -0.4 is 0 Å². The molecule has 5 atom stereocenters. The molecule has 0 bridgehead atoms. The molecule has 0 spiro atoms. The highest BCUT2D eigenvalue weighted by Crippen LogP contribution is 2.40. The van der Waals surface area contributed by atoms with E-state index in [4.69, 9.17) is 23.7 Å². The molecule has 0 saturated carbocycles. The third-order valence-corrected chi connectivity index (χ3v) is 4.28. The van der Waals surface area contributed by atoms with Crippen molar-refractivity contribution in [2.45, 2.75) is 56.9 Å². The lowest BCUT2D eigenvalue weighted by Crippen LogP contribution is -2.42. The number of hydrogen-bond acceptors (Lipinski definition) is 6. The van der Waals surface area contributed by atoms with Crippen molar-refractivity contribution in [3.63, 3.8) is 0 Å². The minimum atomic E-state index is -0.730. The highest BCUT2D eigenvalue weighted by molar-refractivity contribution is 5.13. The molecule has 6 heteroatoms. The second kappa shape index (κ2) is 7.95. The minimum Gasteiger partial charge on any atom is -0.394 e. The van der Waals surface area contributed by atoms with E-state index >= 15 is 0 Å². The summed E-state index contributed by atoms with van der Waals surface area (Å²) >= 11 is 0. The Morgan fingerprint density at radius 3 is 2.64 bits per heavy atom. The van der Waals surface area contributed by atoms with Crippen molar-refractivity contribution < 1.29 is 28.8 Å². The van der Waals surface area contributed by atoms with Crippen LogP contribution in [0.1, 0.15) is 19.4 Å². The summed E-state index contributed by atoms with van der Waals surface area (Å²) in [5.41, 5.74) is 1.03. The molecule has 1 aromatic rings. The standard InChI is InChI=1S/C19H26O6/c1-4-10-21-18-17-16(24-19(2,3)25-17)15(23-18)14(11-20)22-12-13-8-6-5-7-9-13/h4-9,14-18,20H,1,10-12H2,2-3H3/t14-,15-,16+,17+,18+/m1/s1. The van der Waals surface area contributed by atoms with E-state index in [0.29, 0.717) is 13.2 Å². The number of benzene rings is 1. The lowest BCUT2D eigenvalue weighted by molar-refractivity contribution is -0.246. The van der Waals surface area contributed by atoms with Gasteiger partial charge in [0.25, 0.3) is 0 Å². The molecule has 25 heavy (non-hydrogen) atoms. The SMILES string of the molecule is C=CCO[C@H]1O[C@H]([C@@H](CO)OCc2ccccc2)[C@@H]2OC(C)(C)O[C@H]12. The van der Waals surface area contributed by atoms with Crippen LogP contribution in [0, 0.1) is 0 Å².